The normalized spacial score (nSPS) is 49.1. The van der Waals surface area contributed by atoms with Crippen molar-refractivity contribution in [3.63, 3.8) is 0 Å². The van der Waals surface area contributed by atoms with Crippen LogP contribution >= 0.6 is 0 Å². The summed E-state index contributed by atoms with van der Waals surface area (Å²) in [5, 5.41) is 0. The lowest BCUT2D eigenvalue weighted by Gasteiger charge is -2.56. The zero-order valence-electron chi connectivity index (χ0n) is 11.5. The van der Waals surface area contributed by atoms with Crippen molar-refractivity contribution >= 4 is 0 Å². The summed E-state index contributed by atoms with van der Waals surface area (Å²) in [6.07, 6.45) is 7.21. The second-order valence-corrected chi connectivity index (χ2v) is 6.80. The summed E-state index contributed by atoms with van der Waals surface area (Å²) in [6, 6.07) is 0. The number of rotatable bonds is 1. The van der Waals surface area contributed by atoms with Gasteiger partial charge in [0, 0.05) is 0 Å². The Morgan fingerprint density at radius 1 is 1.24 bits per heavy atom. The van der Waals surface area contributed by atoms with Crippen LogP contribution in [-0.4, -0.2) is 11.2 Å². The van der Waals surface area contributed by atoms with Gasteiger partial charge in [-0.25, -0.2) is 9.78 Å². The summed E-state index contributed by atoms with van der Waals surface area (Å²) < 4.78 is 0. The monoisotopic (exact) mass is 236 g/mol. The van der Waals surface area contributed by atoms with Crippen LogP contribution in [0, 0.1) is 17.8 Å². The molecular weight excluding hydrogens is 212 g/mol. The fourth-order valence-corrected chi connectivity index (χ4v) is 3.97. The van der Waals surface area contributed by atoms with Crippen molar-refractivity contribution in [2.75, 3.05) is 0 Å². The molecule has 17 heavy (non-hydrogen) atoms. The second kappa shape index (κ2) is 3.58. The lowest BCUT2D eigenvalue weighted by molar-refractivity contribution is -0.439. The van der Waals surface area contributed by atoms with E-state index in [2.05, 4.69) is 33.8 Å². The van der Waals surface area contributed by atoms with E-state index in [0.29, 0.717) is 17.8 Å². The highest BCUT2D eigenvalue weighted by molar-refractivity contribution is 5.32. The number of hydrogen-bond acceptors (Lipinski definition) is 2. The molecule has 0 aromatic carbocycles. The minimum atomic E-state index is -0.165. The quantitative estimate of drug-likeness (QED) is 0.508. The van der Waals surface area contributed by atoms with Gasteiger partial charge in [0.25, 0.3) is 0 Å². The van der Waals surface area contributed by atoms with Crippen molar-refractivity contribution in [2.24, 2.45) is 17.8 Å². The van der Waals surface area contributed by atoms with E-state index in [-0.39, 0.29) is 11.2 Å². The molecule has 1 saturated carbocycles. The SMILES string of the molecule is CC(C)[C@H]1CC[C@H](C)[C@@]23CC[C@@](C)(C=C12)OO3. The Hall–Kier alpha value is -0.340. The minimum absolute atomic E-state index is 0.0923. The predicted molar refractivity (Wildman–Crippen MR) is 67.3 cm³/mol. The standard InChI is InChI=1S/C15H24O2/c1-10(2)12-6-5-11(3)15-8-7-14(4,16-17-15)9-13(12)15/h9-12H,5-8H2,1-4H3/t11-,12+,14-,15-/m0/s1. The van der Waals surface area contributed by atoms with Gasteiger partial charge in [-0.05, 0) is 62.0 Å². The molecule has 2 fully saturated rings. The molecule has 4 rings (SSSR count). The van der Waals surface area contributed by atoms with Gasteiger partial charge in [-0.3, -0.25) is 0 Å². The molecule has 0 N–H and O–H groups in total. The highest BCUT2D eigenvalue weighted by Gasteiger charge is 2.56. The van der Waals surface area contributed by atoms with Gasteiger partial charge in [0.2, 0.25) is 0 Å². The maximum absolute atomic E-state index is 5.90. The molecule has 4 aliphatic rings. The molecule has 2 aliphatic carbocycles. The number of hydrogen-bond donors (Lipinski definition) is 0. The van der Waals surface area contributed by atoms with Gasteiger partial charge in [0.15, 0.2) is 0 Å². The van der Waals surface area contributed by atoms with E-state index in [1.54, 1.807) is 5.57 Å². The fourth-order valence-electron chi connectivity index (χ4n) is 3.97. The van der Waals surface area contributed by atoms with Gasteiger partial charge < -0.3 is 0 Å². The average molecular weight is 236 g/mol. The van der Waals surface area contributed by atoms with E-state index in [1.165, 1.54) is 12.8 Å². The van der Waals surface area contributed by atoms with Crippen molar-refractivity contribution in [3.8, 4) is 0 Å². The third kappa shape index (κ3) is 1.53. The van der Waals surface area contributed by atoms with Crippen LogP contribution in [-0.2, 0) is 9.78 Å². The molecule has 0 amide bonds. The van der Waals surface area contributed by atoms with Gasteiger partial charge in [-0.2, -0.15) is 0 Å². The molecule has 96 valence electrons. The summed E-state index contributed by atoms with van der Waals surface area (Å²) in [6.45, 7) is 9.14. The smallest absolute Gasteiger partial charge is 0.128 e. The first kappa shape index (κ1) is 11.7. The van der Waals surface area contributed by atoms with Crippen LogP contribution < -0.4 is 0 Å². The van der Waals surface area contributed by atoms with Crippen LogP contribution in [0.3, 0.4) is 0 Å². The molecule has 2 heteroatoms. The Balaban J connectivity index is 2.06. The fraction of sp³-hybridized carbons (Fsp3) is 0.867. The summed E-state index contributed by atoms with van der Waals surface area (Å²) in [5.41, 5.74) is 1.29. The van der Waals surface area contributed by atoms with E-state index >= 15 is 0 Å². The first-order chi connectivity index (χ1) is 7.97. The van der Waals surface area contributed by atoms with Gasteiger partial charge in [-0.15, -0.1) is 0 Å². The van der Waals surface area contributed by atoms with Crippen LogP contribution in [0.2, 0.25) is 0 Å². The van der Waals surface area contributed by atoms with Gasteiger partial charge in [0.1, 0.15) is 11.2 Å². The molecule has 2 nitrogen and oxygen atoms in total. The van der Waals surface area contributed by atoms with Crippen molar-refractivity contribution in [3.05, 3.63) is 11.6 Å². The van der Waals surface area contributed by atoms with Gasteiger partial charge >= 0.3 is 0 Å². The number of fused-ring (bicyclic) bond motifs is 2. The highest BCUT2D eigenvalue weighted by Crippen LogP contribution is 2.56. The van der Waals surface area contributed by atoms with Crippen molar-refractivity contribution < 1.29 is 9.78 Å². The van der Waals surface area contributed by atoms with Crippen LogP contribution in [0.15, 0.2) is 11.6 Å². The first-order valence-electron chi connectivity index (χ1n) is 7.07. The Bertz CT molecular complexity index is 348. The van der Waals surface area contributed by atoms with Crippen molar-refractivity contribution in [1.29, 1.82) is 0 Å². The van der Waals surface area contributed by atoms with E-state index in [1.807, 2.05) is 0 Å². The van der Waals surface area contributed by atoms with E-state index < -0.39 is 0 Å². The molecule has 2 aliphatic heterocycles. The molecular formula is C15H24O2. The topological polar surface area (TPSA) is 18.5 Å². The first-order valence-corrected chi connectivity index (χ1v) is 7.07. The van der Waals surface area contributed by atoms with Gasteiger partial charge in [-0.1, -0.05) is 20.8 Å². The van der Waals surface area contributed by atoms with Crippen LogP contribution in [0.1, 0.15) is 53.4 Å². The largest absolute Gasteiger partial charge is 0.225 e. The maximum atomic E-state index is 5.90. The summed E-state index contributed by atoms with van der Waals surface area (Å²) in [7, 11) is 0. The highest BCUT2D eigenvalue weighted by atomic mass is 17.2. The van der Waals surface area contributed by atoms with Crippen molar-refractivity contribution in [2.45, 2.75) is 64.6 Å². The Kier molecular flexibility index (Phi) is 2.47. The molecule has 1 saturated heterocycles. The average Bonchev–Trinajstić information content (AvgIpc) is 2.28. The molecule has 0 unspecified atom stereocenters. The lowest BCUT2D eigenvalue weighted by Crippen LogP contribution is -2.58. The zero-order valence-corrected chi connectivity index (χ0v) is 11.5. The van der Waals surface area contributed by atoms with Gasteiger partial charge in [0.05, 0.1) is 0 Å². The summed E-state index contributed by atoms with van der Waals surface area (Å²) in [4.78, 5) is 11.5. The molecule has 2 heterocycles. The van der Waals surface area contributed by atoms with E-state index in [0.717, 1.165) is 12.8 Å². The Labute approximate surface area is 104 Å². The molecule has 2 bridgehead atoms. The van der Waals surface area contributed by atoms with Crippen LogP contribution in [0.4, 0.5) is 0 Å². The third-order valence-electron chi connectivity index (χ3n) is 5.23. The zero-order chi connectivity index (χ0) is 12.3. The molecule has 0 radical (unpaired) electrons. The molecule has 1 spiro atoms. The van der Waals surface area contributed by atoms with E-state index in [4.69, 9.17) is 9.78 Å². The lowest BCUT2D eigenvalue weighted by atomic mass is 9.59. The van der Waals surface area contributed by atoms with E-state index in [9.17, 15) is 0 Å². The van der Waals surface area contributed by atoms with Crippen molar-refractivity contribution in [1.82, 2.24) is 0 Å². The second-order valence-electron chi connectivity index (χ2n) is 6.80. The minimum Gasteiger partial charge on any atom is -0.225 e. The Morgan fingerprint density at radius 2 is 2.00 bits per heavy atom. The molecule has 4 atom stereocenters. The summed E-state index contributed by atoms with van der Waals surface area (Å²) in [5.74, 6) is 1.99. The van der Waals surface area contributed by atoms with Crippen LogP contribution in [0.5, 0.6) is 0 Å². The Morgan fingerprint density at radius 3 is 2.59 bits per heavy atom. The molecule has 0 aromatic heterocycles. The third-order valence-corrected chi connectivity index (χ3v) is 5.23. The maximum Gasteiger partial charge on any atom is 0.128 e. The summed E-state index contributed by atoms with van der Waals surface area (Å²) >= 11 is 0. The molecule has 0 aromatic rings. The predicted octanol–water partition coefficient (Wildman–Crippen LogP) is 3.87. The van der Waals surface area contributed by atoms with Crippen LogP contribution in [0.25, 0.3) is 0 Å².